The minimum Gasteiger partial charge on any atom is -0.497 e. The van der Waals surface area contributed by atoms with Gasteiger partial charge in [0, 0.05) is 32.0 Å². The van der Waals surface area contributed by atoms with Crippen LogP contribution in [0.3, 0.4) is 0 Å². The molecule has 7 nitrogen and oxygen atoms in total. The van der Waals surface area contributed by atoms with Gasteiger partial charge in [-0.15, -0.1) is 0 Å². The number of hydrogen-bond acceptors (Lipinski definition) is 5. The van der Waals surface area contributed by atoms with Crippen molar-refractivity contribution in [2.24, 2.45) is 0 Å². The minimum atomic E-state index is -3.49. The maximum Gasteiger partial charge on any atom is 0.301 e. The first-order chi connectivity index (χ1) is 11.9. The number of hydrogen-bond donors (Lipinski definition) is 2. The van der Waals surface area contributed by atoms with E-state index in [1.165, 1.54) is 14.1 Å². The highest BCUT2D eigenvalue weighted by Gasteiger charge is 2.12. The van der Waals surface area contributed by atoms with Gasteiger partial charge in [-0.3, -0.25) is 4.72 Å². The van der Waals surface area contributed by atoms with Crippen LogP contribution >= 0.6 is 0 Å². The van der Waals surface area contributed by atoms with E-state index in [9.17, 15) is 8.42 Å². The molecule has 0 amide bonds. The summed E-state index contributed by atoms with van der Waals surface area (Å²) < 4.78 is 37.8. The fourth-order valence-electron chi connectivity index (χ4n) is 1.93. The molecule has 0 aliphatic carbocycles. The Morgan fingerprint density at radius 2 is 1.48 bits per heavy atom. The Labute approximate surface area is 148 Å². The van der Waals surface area contributed by atoms with Crippen LogP contribution < -0.4 is 19.5 Å². The molecule has 25 heavy (non-hydrogen) atoms. The van der Waals surface area contributed by atoms with Crippen molar-refractivity contribution in [3.63, 3.8) is 0 Å². The van der Waals surface area contributed by atoms with Gasteiger partial charge in [0.2, 0.25) is 0 Å². The van der Waals surface area contributed by atoms with Crippen LogP contribution in [0.4, 0.5) is 11.4 Å². The van der Waals surface area contributed by atoms with Crippen LogP contribution in [-0.2, 0) is 10.2 Å². The molecule has 0 spiro atoms. The van der Waals surface area contributed by atoms with Gasteiger partial charge < -0.3 is 14.8 Å². The maximum absolute atomic E-state index is 11.7. The van der Waals surface area contributed by atoms with E-state index in [0.29, 0.717) is 18.8 Å². The first-order valence-electron chi connectivity index (χ1n) is 7.72. The molecular formula is C17H23N3O4S. The Hall–Kier alpha value is -2.45. The maximum atomic E-state index is 11.7. The third-order valence-corrected chi connectivity index (χ3v) is 4.83. The molecule has 136 valence electrons. The van der Waals surface area contributed by atoms with Crippen LogP contribution in [0.25, 0.3) is 0 Å². The number of methoxy groups -OCH3 is 1. The molecule has 2 aromatic carbocycles. The number of nitrogens with one attached hydrogen (secondary N) is 2. The van der Waals surface area contributed by atoms with Crippen molar-refractivity contribution in [3.05, 3.63) is 48.5 Å². The summed E-state index contributed by atoms with van der Waals surface area (Å²) in [6.45, 7) is 1.12. The third kappa shape index (κ3) is 5.84. The summed E-state index contributed by atoms with van der Waals surface area (Å²) in [7, 11) is 1.08. The number of ether oxygens (including phenoxy) is 2. The summed E-state index contributed by atoms with van der Waals surface area (Å²) in [6, 6.07) is 14.4. The Kier molecular flexibility index (Phi) is 6.49. The van der Waals surface area contributed by atoms with E-state index in [0.717, 1.165) is 21.5 Å². The van der Waals surface area contributed by atoms with E-state index in [2.05, 4.69) is 10.0 Å². The van der Waals surface area contributed by atoms with Gasteiger partial charge in [-0.05, 0) is 48.5 Å². The van der Waals surface area contributed by atoms with Crippen molar-refractivity contribution in [1.82, 2.24) is 4.31 Å². The standard InChI is InChI=1S/C17H23N3O4S/c1-20(2)25(21,22)19-15-6-4-14(5-7-15)18-12-13-24-17-10-8-16(23-3)9-11-17/h4-11,18-19H,12-13H2,1-3H3. The number of anilines is 2. The molecule has 0 aliphatic heterocycles. The average Bonchev–Trinajstić information content (AvgIpc) is 2.60. The molecule has 0 heterocycles. The highest BCUT2D eigenvalue weighted by molar-refractivity contribution is 7.90. The topological polar surface area (TPSA) is 79.9 Å². The van der Waals surface area contributed by atoms with Gasteiger partial charge in [0.05, 0.1) is 7.11 Å². The second kappa shape index (κ2) is 8.59. The van der Waals surface area contributed by atoms with Crippen molar-refractivity contribution in [1.29, 1.82) is 0 Å². The molecule has 0 saturated heterocycles. The van der Waals surface area contributed by atoms with E-state index in [-0.39, 0.29) is 0 Å². The van der Waals surface area contributed by atoms with Crippen molar-refractivity contribution in [3.8, 4) is 11.5 Å². The predicted octanol–water partition coefficient (Wildman–Crippen LogP) is 2.40. The highest BCUT2D eigenvalue weighted by Crippen LogP contribution is 2.17. The second-order valence-electron chi connectivity index (χ2n) is 5.42. The fraction of sp³-hybridized carbons (Fsp3) is 0.294. The van der Waals surface area contributed by atoms with E-state index in [4.69, 9.17) is 9.47 Å². The molecule has 0 fully saturated rings. The van der Waals surface area contributed by atoms with Crippen LogP contribution in [0.15, 0.2) is 48.5 Å². The average molecular weight is 365 g/mol. The van der Waals surface area contributed by atoms with E-state index in [1.54, 1.807) is 31.4 Å². The van der Waals surface area contributed by atoms with Gasteiger partial charge in [0.25, 0.3) is 0 Å². The molecule has 0 atom stereocenters. The summed E-state index contributed by atoms with van der Waals surface area (Å²) >= 11 is 0. The second-order valence-corrected chi connectivity index (χ2v) is 7.30. The first kappa shape index (κ1) is 18.9. The van der Waals surface area contributed by atoms with Gasteiger partial charge >= 0.3 is 10.2 Å². The van der Waals surface area contributed by atoms with E-state index in [1.807, 2.05) is 24.3 Å². The quantitative estimate of drug-likeness (QED) is 0.667. The zero-order valence-corrected chi connectivity index (χ0v) is 15.3. The Bertz CT molecular complexity index is 759. The molecule has 0 saturated carbocycles. The first-order valence-corrected chi connectivity index (χ1v) is 9.16. The van der Waals surface area contributed by atoms with Gasteiger partial charge in [-0.2, -0.15) is 12.7 Å². The smallest absolute Gasteiger partial charge is 0.301 e. The normalized spacial score (nSPS) is 11.2. The predicted molar refractivity (Wildman–Crippen MR) is 99.7 cm³/mol. The molecule has 2 aromatic rings. The lowest BCUT2D eigenvalue weighted by Gasteiger charge is -2.14. The van der Waals surface area contributed by atoms with Crippen LogP contribution in [0.1, 0.15) is 0 Å². The molecular weight excluding hydrogens is 342 g/mol. The highest BCUT2D eigenvalue weighted by atomic mass is 32.2. The van der Waals surface area contributed by atoms with Gasteiger partial charge in [0.15, 0.2) is 0 Å². The molecule has 0 aromatic heterocycles. The molecule has 0 bridgehead atoms. The summed E-state index contributed by atoms with van der Waals surface area (Å²) in [6.07, 6.45) is 0. The number of nitrogens with zero attached hydrogens (tertiary/aromatic N) is 1. The van der Waals surface area contributed by atoms with Gasteiger partial charge in [-0.1, -0.05) is 0 Å². The van der Waals surface area contributed by atoms with Crippen molar-refractivity contribution < 1.29 is 17.9 Å². The van der Waals surface area contributed by atoms with Crippen molar-refractivity contribution in [2.75, 3.05) is 44.4 Å². The minimum absolute atomic E-state index is 0.501. The van der Waals surface area contributed by atoms with Crippen LogP contribution in [-0.4, -0.2) is 47.1 Å². The molecule has 0 aliphatic rings. The Morgan fingerprint density at radius 1 is 0.920 bits per heavy atom. The van der Waals surface area contributed by atoms with Crippen molar-refractivity contribution in [2.45, 2.75) is 0 Å². The lowest BCUT2D eigenvalue weighted by Crippen LogP contribution is -2.28. The zero-order chi connectivity index (χ0) is 18.3. The SMILES string of the molecule is COc1ccc(OCCNc2ccc(NS(=O)(=O)N(C)C)cc2)cc1. The largest absolute Gasteiger partial charge is 0.497 e. The van der Waals surface area contributed by atoms with Crippen LogP contribution in [0.5, 0.6) is 11.5 Å². The lowest BCUT2D eigenvalue weighted by molar-refractivity contribution is 0.332. The monoisotopic (exact) mass is 365 g/mol. The van der Waals surface area contributed by atoms with Crippen molar-refractivity contribution >= 4 is 21.6 Å². The third-order valence-electron chi connectivity index (χ3n) is 3.37. The zero-order valence-electron chi connectivity index (χ0n) is 14.5. The van der Waals surface area contributed by atoms with Crippen LogP contribution in [0, 0.1) is 0 Å². The summed E-state index contributed by atoms with van der Waals surface area (Å²) in [5.41, 5.74) is 1.39. The summed E-state index contributed by atoms with van der Waals surface area (Å²) in [4.78, 5) is 0. The summed E-state index contributed by atoms with van der Waals surface area (Å²) in [5.74, 6) is 1.56. The lowest BCUT2D eigenvalue weighted by atomic mass is 10.3. The molecule has 8 heteroatoms. The fourth-order valence-corrected chi connectivity index (χ4v) is 2.55. The molecule has 2 N–H and O–H groups in total. The molecule has 0 unspecified atom stereocenters. The van der Waals surface area contributed by atoms with Gasteiger partial charge in [0.1, 0.15) is 18.1 Å². The van der Waals surface area contributed by atoms with E-state index >= 15 is 0 Å². The van der Waals surface area contributed by atoms with Gasteiger partial charge in [-0.25, -0.2) is 0 Å². The van der Waals surface area contributed by atoms with Crippen LogP contribution in [0.2, 0.25) is 0 Å². The van der Waals surface area contributed by atoms with E-state index < -0.39 is 10.2 Å². The number of rotatable bonds is 9. The Morgan fingerprint density at radius 3 is 2.04 bits per heavy atom. The molecule has 0 radical (unpaired) electrons. The molecule has 2 rings (SSSR count). The summed E-state index contributed by atoms with van der Waals surface area (Å²) in [5, 5.41) is 3.21. The Balaban J connectivity index is 1.77. The number of benzene rings is 2.